The smallest absolute Gasteiger partial charge is 0.408 e. The zero-order valence-electron chi connectivity index (χ0n) is 42.9. The highest BCUT2D eigenvalue weighted by Gasteiger charge is 2.32. The molecular formula is C53H85N5O10. The van der Waals surface area contributed by atoms with E-state index in [2.05, 4.69) is 26.6 Å². The molecule has 0 bridgehead atoms. The third-order valence-corrected chi connectivity index (χ3v) is 10.7. The van der Waals surface area contributed by atoms with Gasteiger partial charge in [0.2, 0.25) is 17.7 Å². The number of amides is 5. The summed E-state index contributed by atoms with van der Waals surface area (Å²) in [7, 11) is 0. The molecule has 15 nitrogen and oxygen atoms in total. The Kier molecular flexibility index (Phi) is 29.7. The van der Waals surface area contributed by atoms with Crippen molar-refractivity contribution in [3.63, 3.8) is 0 Å². The summed E-state index contributed by atoms with van der Waals surface area (Å²) < 4.78 is 10.6. The maximum absolute atomic E-state index is 13.1. The Bertz CT molecular complexity index is 1770. The minimum Gasteiger partial charge on any atom is -0.445 e. The van der Waals surface area contributed by atoms with E-state index in [9.17, 15) is 38.7 Å². The summed E-state index contributed by atoms with van der Waals surface area (Å²) in [5.41, 5.74) is 1.71. The van der Waals surface area contributed by atoms with Crippen LogP contribution in [0.1, 0.15) is 139 Å². The maximum atomic E-state index is 13.1. The highest BCUT2D eigenvalue weighted by Crippen LogP contribution is 2.22. The Hall–Kier alpha value is -5.31. The van der Waals surface area contributed by atoms with Gasteiger partial charge in [0.05, 0.1) is 24.2 Å². The Morgan fingerprint density at radius 3 is 1.22 bits per heavy atom. The second-order valence-electron chi connectivity index (χ2n) is 20.4. The monoisotopic (exact) mass is 952 g/mol. The van der Waals surface area contributed by atoms with Gasteiger partial charge in [0.15, 0.2) is 0 Å². The van der Waals surface area contributed by atoms with Gasteiger partial charge in [-0.3, -0.25) is 14.4 Å². The van der Waals surface area contributed by atoms with E-state index in [0.29, 0.717) is 38.5 Å². The lowest BCUT2D eigenvalue weighted by Crippen LogP contribution is -2.55. The number of aliphatic hydroxyl groups is 1. The molecular weight excluding hydrogens is 867 g/mol. The van der Waals surface area contributed by atoms with Crippen molar-refractivity contribution in [3.8, 4) is 0 Å². The van der Waals surface area contributed by atoms with Crippen LogP contribution in [0.4, 0.5) is 9.59 Å². The number of carbonyl (C=O) groups excluding carboxylic acids is 7. The van der Waals surface area contributed by atoms with Crippen LogP contribution in [-0.4, -0.2) is 83.9 Å². The quantitative estimate of drug-likeness (QED) is 0.0431. The number of rotatable bonds is 29. The molecule has 0 aliphatic carbocycles. The van der Waals surface area contributed by atoms with Crippen molar-refractivity contribution < 1.29 is 48.1 Å². The predicted molar refractivity (Wildman–Crippen MR) is 266 cm³/mol. The number of alkyl carbamates (subject to hydrolysis) is 2. The molecule has 2 aromatic rings. The van der Waals surface area contributed by atoms with Crippen LogP contribution in [0.2, 0.25) is 0 Å². The van der Waals surface area contributed by atoms with Crippen molar-refractivity contribution in [3.05, 3.63) is 71.8 Å². The third kappa shape index (κ3) is 27.5. The second kappa shape index (κ2) is 33.2. The summed E-state index contributed by atoms with van der Waals surface area (Å²) in [6.07, 6.45) is 2.43. The lowest BCUT2D eigenvalue weighted by atomic mass is 9.87. The van der Waals surface area contributed by atoms with Crippen LogP contribution < -0.4 is 26.6 Å². The minimum atomic E-state index is -0.930. The van der Waals surface area contributed by atoms with Crippen LogP contribution in [0, 0.1) is 41.4 Å². The topological polar surface area (TPSA) is 218 Å². The van der Waals surface area contributed by atoms with Crippen LogP contribution in [0.15, 0.2) is 60.7 Å². The van der Waals surface area contributed by atoms with Crippen molar-refractivity contribution in [2.45, 2.75) is 178 Å². The van der Waals surface area contributed by atoms with Crippen molar-refractivity contribution >= 4 is 42.5 Å². The molecule has 5 amide bonds. The fourth-order valence-electron chi connectivity index (χ4n) is 7.55. The van der Waals surface area contributed by atoms with Gasteiger partial charge in [0.1, 0.15) is 37.9 Å². The molecule has 2 rings (SSSR count). The molecule has 2 aromatic carbocycles. The van der Waals surface area contributed by atoms with E-state index in [1.807, 2.05) is 144 Å². The van der Waals surface area contributed by atoms with Gasteiger partial charge >= 0.3 is 12.2 Å². The van der Waals surface area contributed by atoms with Crippen molar-refractivity contribution in [1.82, 2.24) is 26.6 Å². The second-order valence-corrected chi connectivity index (χ2v) is 20.4. The molecule has 15 heteroatoms. The number of ether oxygens (including phenoxy) is 2. The summed E-state index contributed by atoms with van der Waals surface area (Å²) in [4.78, 5) is 86.6. The third-order valence-electron chi connectivity index (χ3n) is 10.7. The van der Waals surface area contributed by atoms with Gasteiger partial charge in [-0.05, 0) is 91.6 Å². The first-order chi connectivity index (χ1) is 32.0. The minimum absolute atomic E-state index is 0.0873. The molecule has 0 aliphatic rings. The summed E-state index contributed by atoms with van der Waals surface area (Å²) >= 11 is 0. The standard InChI is InChI=1S/C27H44N2O5.C26H41N3O5/c1-18(2)12-22(26(32)28-23(16-30)13-19(3)4)15-25(31)24(14-20(5)6)29-27(33)34-17-21-10-8-7-9-11-21;1-17(2)12-21(15-30)27-24(31)22(13-18(3)4)28-25(32)23(14-19(5)6)29-26(33)34-16-20-10-8-7-9-11-20/h7-11,16,18-20,22-25,31H,12-15,17H2,1-6H3,(H,28,32)(H,29,33);7-11,15,17-19,21-23H,12-14,16H2,1-6H3,(H,27,31)(H,28,32)(H,29,33)/t22-,23+,24+,25?;21-,22-,23-/m10/s1. The largest absolute Gasteiger partial charge is 0.445 e. The van der Waals surface area contributed by atoms with E-state index in [1.165, 1.54) is 0 Å². The SMILES string of the molecule is CC(C)C[C@@H](C=O)NC(=O)[C@H](CC(C)C)NC(=O)[C@H](CC(C)C)NC(=O)OCc1ccccc1.CC(C)C[C@H](CC(O)[C@H](CC(C)C)NC(=O)OCc1ccccc1)C(=O)N[C@H](C=O)CC(C)C. The van der Waals surface area contributed by atoms with Gasteiger partial charge < -0.3 is 50.8 Å². The van der Waals surface area contributed by atoms with Crippen molar-refractivity contribution in [2.75, 3.05) is 0 Å². The molecule has 68 heavy (non-hydrogen) atoms. The molecule has 0 aromatic heterocycles. The molecule has 6 N–H and O–H groups in total. The van der Waals surface area contributed by atoms with Crippen molar-refractivity contribution in [2.24, 2.45) is 41.4 Å². The average molecular weight is 952 g/mol. The van der Waals surface area contributed by atoms with Crippen LogP contribution >= 0.6 is 0 Å². The molecule has 0 heterocycles. The first kappa shape index (κ1) is 60.7. The van der Waals surface area contributed by atoms with Gasteiger partial charge in [0.25, 0.3) is 0 Å². The number of aliphatic hydroxyl groups excluding tert-OH is 1. The highest BCUT2D eigenvalue weighted by atomic mass is 16.6. The number of nitrogens with one attached hydrogen (secondary N) is 5. The van der Waals surface area contributed by atoms with Gasteiger partial charge in [-0.1, -0.05) is 144 Å². The predicted octanol–water partition coefficient (Wildman–Crippen LogP) is 8.06. The lowest BCUT2D eigenvalue weighted by molar-refractivity contribution is -0.131. The van der Waals surface area contributed by atoms with E-state index in [0.717, 1.165) is 23.7 Å². The van der Waals surface area contributed by atoms with Crippen LogP contribution in [-0.2, 0) is 46.7 Å². The Labute approximate surface area is 406 Å². The van der Waals surface area contributed by atoms with Crippen LogP contribution in [0.25, 0.3) is 0 Å². The molecule has 0 aliphatic heterocycles. The molecule has 382 valence electrons. The Balaban J connectivity index is 0.000000680. The zero-order valence-corrected chi connectivity index (χ0v) is 42.9. The molecule has 0 fully saturated rings. The zero-order chi connectivity index (χ0) is 51.3. The van der Waals surface area contributed by atoms with E-state index in [-0.39, 0.29) is 61.0 Å². The molecule has 0 spiro atoms. The molecule has 0 radical (unpaired) electrons. The maximum Gasteiger partial charge on any atom is 0.408 e. The molecule has 0 saturated carbocycles. The van der Waals surface area contributed by atoms with Gasteiger partial charge in [0, 0.05) is 5.92 Å². The first-order valence-corrected chi connectivity index (χ1v) is 24.5. The molecule has 7 atom stereocenters. The summed E-state index contributed by atoms with van der Waals surface area (Å²) in [5.74, 6) is -0.376. The van der Waals surface area contributed by atoms with E-state index in [4.69, 9.17) is 9.47 Å². The fourth-order valence-corrected chi connectivity index (χ4v) is 7.55. The summed E-state index contributed by atoms with van der Waals surface area (Å²) in [6.45, 7) is 24.0. The van der Waals surface area contributed by atoms with Gasteiger partial charge in [-0.2, -0.15) is 0 Å². The number of hydrogen-bond acceptors (Lipinski definition) is 10. The normalized spacial score (nSPS) is 14.4. The fraction of sp³-hybridized carbons (Fsp3) is 0.642. The number of hydrogen-bond donors (Lipinski definition) is 6. The Morgan fingerprint density at radius 2 is 0.824 bits per heavy atom. The number of aldehydes is 2. The van der Waals surface area contributed by atoms with Gasteiger partial charge in [-0.15, -0.1) is 0 Å². The highest BCUT2D eigenvalue weighted by molar-refractivity contribution is 5.92. The van der Waals surface area contributed by atoms with Crippen molar-refractivity contribution in [1.29, 1.82) is 0 Å². The number of benzene rings is 2. The molecule has 1 unspecified atom stereocenters. The summed E-state index contributed by atoms with van der Waals surface area (Å²) in [6, 6.07) is 15.2. The first-order valence-electron chi connectivity index (χ1n) is 24.5. The van der Waals surface area contributed by atoms with Crippen LogP contribution in [0.5, 0.6) is 0 Å². The average Bonchev–Trinajstić information content (AvgIpc) is 3.26. The lowest BCUT2D eigenvalue weighted by Gasteiger charge is -2.29. The van der Waals surface area contributed by atoms with Crippen LogP contribution in [0.3, 0.4) is 0 Å². The Morgan fingerprint density at radius 1 is 0.456 bits per heavy atom. The number of carbonyl (C=O) groups is 7. The van der Waals surface area contributed by atoms with E-state index < -0.39 is 66.2 Å². The van der Waals surface area contributed by atoms with Gasteiger partial charge in [-0.25, -0.2) is 9.59 Å². The summed E-state index contributed by atoms with van der Waals surface area (Å²) in [5, 5.41) is 24.8. The molecule has 0 saturated heterocycles. The van der Waals surface area contributed by atoms with E-state index >= 15 is 0 Å². The van der Waals surface area contributed by atoms with E-state index in [1.54, 1.807) is 0 Å².